The van der Waals surface area contributed by atoms with Gasteiger partial charge in [-0.3, -0.25) is 4.79 Å². The standard InChI is InChI=1S/C14H17N3O3/c1-15-13(18)12(17-14(19)20-2)7-9-8-16-11-6-4-3-5-10(9)11/h3-6,8,12,16H,7H2,1-2H3,(H,15,18)(H,17,19). The van der Waals surface area contributed by atoms with E-state index < -0.39 is 12.1 Å². The maximum atomic E-state index is 11.8. The van der Waals surface area contributed by atoms with Crippen LogP contribution in [0.2, 0.25) is 0 Å². The van der Waals surface area contributed by atoms with Gasteiger partial charge in [0.25, 0.3) is 0 Å². The van der Waals surface area contributed by atoms with Gasteiger partial charge in [-0.25, -0.2) is 4.79 Å². The molecule has 0 bridgehead atoms. The van der Waals surface area contributed by atoms with Gasteiger partial charge < -0.3 is 20.4 Å². The van der Waals surface area contributed by atoms with Gasteiger partial charge in [-0.2, -0.15) is 0 Å². The van der Waals surface area contributed by atoms with Crippen molar-refractivity contribution in [2.75, 3.05) is 14.2 Å². The zero-order valence-corrected chi connectivity index (χ0v) is 11.4. The molecule has 0 aliphatic heterocycles. The van der Waals surface area contributed by atoms with Crippen molar-refractivity contribution in [2.45, 2.75) is 12.5 Å². The highest BCUT2D eigenvalue weighted by molar-refractivity contribution is 5.88. The second kappa shape index (κ2) is 6.10. The molecule has 0 spiro atoms. The fourth-order valence-corrected chi connectivity index (χ4v) is 2.11. The second-order valence-corrected chi connectivity index (χ2v) is 4.37. The van der Waals surface area contributed by atoms with E-state index in [2.05, 4.69) is 20.4 Å². The van der Waals surface area contributed by atoms with Gasteiger partial charge >= 0.3 is 6.09 Å². The summed E-state index contributed by atoms with van der Waals surface area (Å²) in [6.07, 6.45) is 1.61. The SMILES string of the molecule is CNC(=O)C(Cc1c[nH]c2ccccc12)NC(=O)OC. The fourth-order valence-electron chi connectivity index (χ4n) is 2.11. The average Bonchev–Trinajstić information content (AvgIpc) is 2.89. The number of carbonyl (C=O) groups excluding carboxylic acids is 2. The van der Waals surface area contributed by atoms with Gasteiger partial charge in [0.15, 0.2) is 0 Å². The summed E-state index contributed by atoms with van der Waals surface area (Å²) < 4.78 is 4.54. The van der Waals surface area contributed by atoms with Crippen LogP contribution in [0, 0.1) is 0 Å². The lowest BCUT2D eigenvalue weighted by molar-refractivity contribution is -0.122. The molecule has 2 aromatic rings. The number of aromatic amines is 1. The summed E-state index contributed by atoms with van der Waals surface area (Å²) in [6, 6.07) is 7.13. The molecule has 1 aromatic heterocycles. The summed E-state index contributed by atoms with van der Waals surface area (Å²) in [5.41, 5.74) is 1.96. The fraction of sp³-hybridized carbons (Fsp3) is 0.286. The predicted molar refractivity (Wildman–Crippen MR) is 75.4 cm³/mol. The minimum absolute atomic E-state index is 0.263. The summed E-state index contributed by atoms with van der Waals surface area (Å²) in [6.45, 7) is 0. The molecule has 1 aromatic carbocycles. The molecule has 1 heterocycles. The number of ether oxygens (including phenoxy) is 1. The number of hydrogen-bond acceptors (Lipinski definition) is 3. The number of rotatable bonds is 4. The number of alkyl carbamates (subject to hydrolysis) is 1. The van der Waals surface area contributed by atoms with Crippen LogP contribution < -0.4 is 10.6 Å². The average molecular weight is 275 g/mol. The maximum Gasteiger partial charge on any atom is 0.407 e. The number of carbonyl (C=O) groups is 2. The Morgan fingerprint density at radius 2 is 2.10 bits per heavy atom. The molecule has 1 unspecified atom stereocenters. The largest absolute Gasteiger partial charge is 0.453 e. The van der Waals surface area contributed by atoms with Gasteiger partial charge in [0.1, 0.15) is 6.04 Å². The monoisotopic (exact) mass is 275 g/mol. The van der Waals surface area contributed by atoms with Crippen LogP contribution in [-0.4, -0.2) is 37.2 Å². The maximum absolute atomic E-state index is 11.8. The van der Waals surface area contributed by atoms with Crippen LogP contribution in [0.15, 0.2) is 30.5 Å². The Hall–Kier alpha value is -2.50. The molecule has 20 heavy (non-hydrogen) atoms. The number of hydrogen-bond donors (Lipinski definition) is 3. The Bertz CT molecular complexity index is 621. The highest BCUT2D eigenvalue weighted by Gasteiger charge is 2.21. The third kappa shape index (κ3) is 2.90. The van der Waals surface area contributed by atoms with E-state index in [1.54, 1.807) is 0 Å². The first-order valence-electron chi connectivity index (χ1n) is 6.26. The molecule has 2 amide bonds. The summed E-state index contributed by atoms with van der Waals surface area (Å²) in [5.74, 6) is -0.263. The number of fused-ring (bicyclic) bond motifs is 1. The number of benzene rings is 1. The first kappa shape index (κ1) is 13.9. The van der Waals surface area contributed by atoms with Gasteiger partial charge in [-0.1, -0.05) is 18.2 Å². The van der Waals surface area contributed by atoms with Crippen LogP contribution in [0.25, 0.3) is 10.9 Å². The quantitative estimate of drug-likeness (QED) is 0.783. The van der Waals surface area contributed by atoms with Crippen molar-refractivity contribution in [3.63, 3.8) is 0 Å². The van der Waals surface area contributed by atoms with Crippen molar-refractivity contribution >= 4 is 22.9 Å². The number of H-pyrrole nitrogens is 1. The van der Waals surface area contributed by atoms with Crippen LogP contribution in [0.1, 0.15) is 5.56 Å². The molecule has 0 aliphatic carbocycles. The molecule has 6 nitrogen and oxygen atoms in total. The lowest BCUT2D eigenvalue weighted by atomic mass is 10.0. The molecular weight excluding hydrogens is 258 g/mol. The third-order valence-corrected chi connectivity index (χ3v) is 3.14. The van der Waals surface area contributed by atoms with Crippen LogP contribution >= 0.6 is 0 Å². The number of likely N-dealkylation sites (N-methyl/N-ethyl adjacent to an activating group) is 1. The molecule has 2 rings (SSSR count). The van der Waals surface area contributed by atoms with E-state index in [0.717, 1.165) is 16.5 Å². The Balaban J connectivity index is 2.22. The Morgan fingerprint density at radius 3 is 2.80 bits per heavy atom. The van der Waals surface area contributed by atoms with Crippen molar-refractivity contribution in [1.29, 1.82) is 0 Å². The van der Waals surface area contributed by atoms with E-state index in [4.69, 9.17) is 0 Å². The molecule has 0 fully saturated rings. The van der Waals surface area contributed by atoms with Crippen LogP contribution in [0.3, 0.4) is 0 Å². The van der Waals surface area contributed by atoms with E-state index in [-0.39, 0.29) is 5.91 Å². The van der Waals surface area contributed by atoms with Crippen LogP contribution in [0.5, 0.6) is 0 Å². The van der Waals surface area contributed by atoms with Crippen LogP contribution in [0.4, 0.5) is 4.79 Å². The summed E-state index contributed by atoms with van der Waals surface area (Å²) in [4.78, 5) is 26.3. The zero-order chi connectivity index (χ0) is 14.5. The van der Waals surface area contributed by atoms with Crippen molar-refractivity contribution in [1.82, 2.24) is 15.6 Å². The van der Waals surface area contributed by atoms with Gasteiger partial charge in [0.05, 0.1) is 7.11 Å². The number of aromatic nitrogens is 1. The van der Waals surface area contributed by atoms with E-state index >= 15 is 0 Å². The van der Waals surface area contributed by atoms with E-state index in [1.165, 1.54) is 14.2 Å². The summed E-state index contributed by atoms with van der Waals surface area (Å²) in [7, 11) is 2.80. The van der Waals surface area contributed by atoms with Gasteiger partial charge in [-0.05, 0) is 11.6 Å². The number of para-hydroxylation sites is 1. The molecule has 3 N–H and O–H groups in total. The molecule has 0 saturated carbocycles. The highest BCUT2D eigenvalue weighted by Crippen LogP contribution is 2.19. The van der Waals surface area contributed by atoms with Crippen molar-refractivity contribution in [3.05, 3.63) is 36.0 Å². The second-order valence-electron chi connectivity index (χ2n) is 4.37. The molecular formula is C14H17N3O3. The molecule has 0 saturated heterocycles. The topological polar surface area (TPSA) is 83.2 Å². The Kier molecular flexibility index (Phi) is 4.24. The van der Waals surface area contributed by atoms with Crippen molar-refractivity contribution in [3.8, 4) is 0 Å². The Labute approximate surface area is 116 Å². The number of amides is 2. The van der Waals surface area contributed by atoms with Crippen LogP contribution in [-0.2, 0) is 16.0 Å². The molecule has 0 aliphatic rings. The van der Waals surface area contributed by atoms with E-state index in [1.807, 2.05) is 30.5 Å². The molecule has 0 radical (unpaired) electrons. The zero-order valence-electron chi connectivity index (χ0n) is 11.4. The molecule has 106 valence electrons. The molecule has 6 heteroatoms. The van der Waals surface area contributed by atoms with E-state index in [9.17, 15) is 9.59 Å². The predicted octanol–water partition coefficient (Wildman–Crippen LogP) is 1.18. The third-order valence-electron chi connectivity index (χ3n) is 3.14. The Morgan fingerprint density at radius 1 is 1.35 bits per heavy atom. The minimum atomic E-state index is -0.674. The lowest BCUT2D eigenvalue weighted by Gasteiger charge is -2.16. The first-order chi connectivity index (χ1) is 9.65. The minimum Gasteiger partial charge on any atom is -0.453 e. The molecule has 1 atom stereocenters. The van der Waals surface area contributed by atoms with Gasteiger partial charge in [-0.15, -0.1) is 0 Å². The van der Waals surface area contributed by atoms with E-state index in [0.29, 0.717) is 6.42 Å². The van der Waals surface area contributed by atoms with Crippen molar-refractivity contribution < 1.29 is 14.3 Å². The summed E-state index contributed by atoms with van der Waals surface area (Å²) >= 11 is 0. The lowest BCUT2D eigenvalue weighted by Crippen LogP contribution is -2.46. The summed E-state index contributed by atoms with van der Waals surface area (Å²) in [5, 5.41) is 6.10. The number of nitrogens with one attached hydrogen (secondary N) is 3. The normalized spacial score (nSPS) is 11.9. The number of methoxy groups -OCH3 is 1. The smallest absolute Gasteiger partial charge is 0.407 e. The van der Waals surface area contributed by atoms with Gasteiger partial charge in [0.2, 0.25) is 5.91 Å². The van der Waals surface area contributed by atoms with Crippen molar-refractivity contribution in [2.24, 2.45) is 0 Å². The highest BCUT2D eigenvalue weighted by atomic mass is 16.5. The first-order valence-corrected chi connectivity index (χ1v) is 6.26. The van der Waals surface area contributed by atoms with Gasteiger partial charge in [0, 0.05) is 30.6 Å².